The lowest BCUT2D eigenvalue weighted by Crippen LogP contribution is -2.33. The molecular weight excluding hydrogens is 286 g/mol. The molecule has 0 saturated carbocycles. The highest BCUT2D eigenvalue weighted by Gasteiger charge is 2.15. The molecule has 1 atom stereocenters. The minimum Gasteiger partial charge on any atom is -0.481 e. The van der Waals surface area contributed by atoms with Gasteiger partial charge in [0.1, 0.15) is 0 Å². The van der Waals surface area contributed by atoms with Gasteiger partial charge in [0.25, 0.3) is 5.56 Å². The summed E-state index contributed by atoms with van der Waals surface area (Å²) in [5.74, 6) is -1.95. The van der Waals surface area contributed by atoms with Crippen LogP contribution in [0.2, 0.25) is 0 Å². The number of carbonyl (C=O) groups excluding carboxylic acids is 1. The van der Waals surface area contributed by atoms with Crippen molar-refractivity contribution in [1.82, 2.24) is 15.1 Å². The fourth-order valence-corrected chi connectivity index (χ4v) is 2.08. The van der Waals surface area contributed by atoms with Crippen LogP contribution in [0.3, 0.4) is 0 Å². The normalized spacial score (nSPS) is 12.1. The summed E-state index contributed by atoms with van der Waals surface area (Å²) in [6.45, 7) is 1.57. The van der Waals surface area contributed by atoms with Crippen molar-refractivity contribution < 1.29 is 14.7 Å². The van der Waals surface area contributed by atoms with E-state index in [0.717, 1.165) is 0 Å². The number of aromatic nitrogens is 2. The number of carboxylic acid groups (broad SMARTS) is 1. The van der Waals surface area contributed by atoms with E-state index < -0.39 is 11.9 Å². The Labute approximate surface area is 126 Å². The predicted octanol–water partition coefficient (Wildman–Crippen LogP) is 0.313. The average Bonchev–Trinajstić information content (AvgIpc) is 2.50. The zero-order valence-corrected chi connectivity index (χ0v) is 12.4. The summed E-state index contributed by atoms with van der Waals surface area (Å²) in [5.41, 5.74) is 0.262. The minimum atomic E-state index is -0.967. The first-order valence-corrected chi connectivity index (χ1v) is 6.84. The molecule has 0 aliphatic heterocycles. The summed E-state index contributed by atoms with van der Waals surface area (Å²) in [7, 11) is 1.53. The van der Waals surface area contributed by atoms with Crippen LogP contribution < -0.4 is 10.9 Å². The highest BCUT2D eigenvalue weighted by Crippen LogP contribution is 2.13. The summed E-state index contributed by atoms with van der Waals surface area (Å²) in [5, 5.41) is 16.6. The van der Waals surface area contributed by atoms with Gasteiger partial charge in [-0.15, -0.1) is 0 Å². The van der Waals surface area contributed by atoms with Crippen LogP contribution in [0.5, 0.6) is 0 Å². The maximum atomic E-state index is 12.0. The summed E-state index contributed by atoms with van der Waals surface area (Å²) < 4.78 is 1.20. The van der Waals surface area contributed by atoms with Gasteiger partial charge in [0.2, 0.25) is 5.91 Å². The maximum Gasteiger partial charge on any atom is 0.308 e. The van der Waals surface area contributed by atoms with E-state index >= 15 is 0 Å². The number of nitrogens with zero attached hydrogens (tertiary/aromatic N) is 2. The van der Waals surface area contributed by atoms with Crippen molar-refractivity contribution in [1.29, 1.82) is 0 Å². The van der Waals surface area contributed by atoms with E-state index in [1.807, 2.05) is 0 Å². The van der Waals surface area contributed by atoms with Gasteiger partial charge in [-0.3, -0.25) is 14.4 Å². The number of hydrogen-bond donors (Lipinski definition) is 2. The summed E-state index contributed by atoms with van der Waals surface area (Å²) in [6.07, 6.45) is -0.0129. The predicted molar refractivity (Wildman–Crippen MR) is 80.5 cm³/mol. The second-order valence-electron chi connectivity index (χ2n) is 5.14. The molecule has 2 aromatic rings. The van der Waals surface area contributed by atoms with E-state index in [0.29, 0.717) is 16.5 Å². The third kappa shape index (κ3) is 3.30. The number of benzene rings is 1. The van der Waals surface area contributed by atoms with E-state index in [1.165, 1.54) is 18.7 Å². The Kier molecular flexibility index (Phi) is 4.55. The van der Waals surface area contributed by atoms with E-state index in [2.05, 4.69) is 10.4 Å². The molecule has 1 aromatic heterocycles. The Bertz CT molecular complexity index is 782. The van der Waals surface area contributed by atoms with Crippen molar-refractivity contribution in [2.24, 2.45) is 13.0 Å². The molecule has 0 saturated heterocycles. The van der Waals surface area contributed by atoms with Gasteiger partial charge in [0, 0.05) is 19.0 Å². The lowest BCUT2D eigenvalue weighted by atomic mass is 10.1. The Morgan fingerprint density at radius 2 is 1.95 bits per heavy atom. The van der Waals surface area contributed by atoms with Gasteiger partial charge < -0.3 is 10.4 Å². The van der Waals surface area contributed by atoms with Crippen LogP contribution in [0.15, 0.2) is 29.1 Å². The van der Waals surface area contributed by atoms with E-state index in [9.17, 15) is 14.4 Å². The van der Waals surface area contributed by atoms with Gasteiger partial charge >= 0.3 is 5.97 Å². The zero-order valence-electron chi connectivity index (χ0n) is 12.4. The number of aliphatic carboxylic acids is 1. The average molecular weight is 303 g/mol. The smallest absolute Gasteiger partial charge is 0.308 e. The molecule has 7 heteroatoms. The molecule has 1 aromatic carbocycles. The van der Waals surface area contributed by atoms with E-state index in [-0.39, 0.29) is 24.4 Å². The Balaban J connectivity index is 2.21. The third-order valence-corrected chi connectivity index (χ3v) is 3.39. The first-order valence-electron chi connectivity index (χ1n) is 6.84. The molecule has 2 N–H and O–H groups in total. The number of carboxylic acids is 1. The van der Waals surface area contributed by atoms with Crippen molar-refractivity contribution in [2.45, 2.75) is 13.3 Å². The van der Waals surface area contributed by atoms with Gasteiger partial charge in [-0.25, -0.2) is 4.68 Å². The second-order valence-corrected chi connectivity index (χ2v) is 5.14. The van der Waals surface area contributed by atoms with E-state index in [1.54, 1.807) is 24.3 Å². The fraction of sp³-hybridized carbons (Fsp3) is 0.333. The van der Waals surface area contributed by atoms with Gasteiger partial charge in [-0.05, 0) is 6.07 Å². The third-order valence-electron chi connectivity index (χ3n) is 3.39. The van der Waals surface area contributed by atoms with Crippen LogP contribution in [-0.4, -0.2) is 33.3 Å². The molecule has 0 aliphatic carbocycles. The van der Waals surface area contributed by atoms with Crippen molar-refractivity contribution >= 4 is 22.6 Å². The molecule has 1 heterocycles. The monoisotopic (exact) mass is 303 g/mol. The summed E-state index contributed by atoms with van der Waals surface area (Å²) >= 11 is 0. The van der Waals surface area contributed by atoms with Crippen LogP contribution in [0.4, 0.5) is 0 Å². The molecule has 0 bridgehead atoms. The molecular formula is C15H17N3O4. The molecule has 22 heavy (non-hydrogen) atoms. The van der Waals surface area contributed by atoms with Crippen molar-refractivity contribution in [3.8, 4) is 0 Å². The number of aryl methyl sites for hydroxylation is 1. The largest absolute Gasteiger partial charge is 0.481 e. The molecule has 116 valence electrons. The molecule has 1 amide bonds. The van der Waals surface area contributed by atoms with E-state index in [4.69, 9.17) is 5.11 Å². The molecule has 0 aliphatic rings. The van der Waals surface area contributed by atoms with Crippen LogP contribution in [-0.2, 0) is 23.1 Å². The first-order chi connectivity index (χ1) is 10.4. The molecule has 0 fully saturated rings. The van der Waals surface area contributed by atoms with Gasteiger partial charge in [-0.1, -0.05) is 25.1 Å². The van der Waals surface area contributed by atoms with Gasteiger partial charge in [-0.2, -0.15) is 5.10 Å². The highest BCUT2D eigenvalue weighted by atomic mass is 16.4. The van der Waals surface area contributed by atoms with Crippen LogP contribution in [0.1, 0.15) is 12.6 Å². The molecule has 0 spiro atoms. The number of carbonyl (C=O) groups is 2. The lowest BCUT2D eigenvalue weighted by Gasteiger charge is -2.10. The van der Waals surface area contributed by atoms with Crippen LogP contribution in [0.25, 0.3) is 10.8 Å². The number of fused-ring (bicyclic) bond motifs is 1. The van der Waals surface area contributed by atoms with Gasteiger partial charge in [0.05, 0.1) is 23.4 Å². The molecule has 1 unspecified atom stereocenters. The lowest BCUT2D eigenvalue weighted by molar-refractivity contribution is -0.141. The van der Waals surface area contributed by atoms with Crippen molar-refractivity contribution in [3.63, 3.8) is 0 Å². The number of hydrogen-bond acceptors (Lipinski definition) is 4. The Morgan fingerprint density at radius 1 is 1.32 bits per heavy atom. The highest BCUT2D eigenvalue weighted by molar-refractivity contribution is 5.88. The number of rotatable bonds is 5. The Morgan fingerprint density at radius 3 is 2.59 bits per heavy atom. The summed E-state index contributed by atoms with van der Waals surface area (Å²) in [6, 6.07) is 6.96. The molecule has 7 nitrogen and oxygen atoms in total. The van der Waals surface area contributed by atoms with Crippen LogP contribution in [0, 0.1) is 5.92 Å². The number of amides is 1. The molecule has 0 radical (unpaired) electrons. The Hall–Kier alpha value is -2.70. The SMILES string of the molecule is CC(CNC(=O)Cc1nn(C)c(=O)c2ccccc12)C(=O)O. The standard InChI is InChI=1S/C15H17N3O4/c1-9(15(21)22)8-16-13(19)7-12-10-5-3-4-6-11(10)14(20)18(2)17-12/h3-6,9H,7-8H2,1-2H3,(H,16,19)(H,21,22). The van der Waals surface area contributed by atoms with Crippen LogP contribution >= 0.6 is 0 Å². The fourth-order valence-electron chi connectivity index (χ4n) is 2.08. The zero-order chi connectivity index (χ0) is 16.3. The minimum absolute atomic E-state index is 0.0129. The molecule has 2 rings (SSSR count). The summed E-state index contributed by atoms with van der Waals surface area (Å²) in [4.78, 5) is 34.7. The second kappa shape index (κ2) is 6.38. The van der Waals surface area contributed by atoms with Gasteiger partial charge in [0.15, 0.2) is 0 Å². The quantitative estimate of drug-likeness (QED) is 0.828. The van der Waals surface area contributed by atoms with Crippen molar-refractivity contribution in [3.05, 3.63) is 40.3 Å². The van der Waals surface area contributed by atoms with Crippen molar-refractivity contribution in [2.75, 3.05) is 6.54 Å². The topological polar surface area (TPSA) is 101 Å². The number of nitrogens with one attached hydrogen (secondary N) is 1. The maximum absolute atomic E-state index is 12.0. The first kappa shape index (κ1) is 15.7.